The van der Waals surface area contributed by atoms with Gasteiger partial charge in [-0.25, -0.2) is 0 Å². The highest BCUT2D eigenvalue weighted by molar-refractivity contribution is 8.01. The van der Waals surface area contributed by atoms with Crippen molar-refractivity contribution in [1.82, 2.24) is 0 Å². The number of carbonyl (C=O) groups is 1. The highest BCUT2D eigenvalue weighted by Gasteiger charge is 2.18. The van der Waals surface area contributed by atoms with Crippen molar-refractivity contribution in [3.05, 3.63) is 10.9 Å². The summed E-state index contributed by atoms with van der Waals surface area (Å²) >= 11 is 3.47. The molecule has 1 aliphatic rings. The number of thioether (sulfide) groups is 1. The number of Topliss-reactive ketones (excluding diaryl/α,β-unsaturated/α-hetero) is 1. The Morgan fingerprint density at radius 2 is 2.38 bits per heavy atom. The molecule has 0 aliphatic carbocycles. The highest BCUT2D eigenvalue weighted by Crippen LogP contribution is 2.40. The average Bonchev–Trinajstić information content (AvgIpc) is 2.49. The molecule has 0 atom stereocenters. The van der Waals surface area contributed by atoms with Crippen LogP contribution in [0.2, 0.25) is 0 Å². The molecule has 0 spiro atoms. The standard InChI is InChI=1S/C9H11NOS2/c1-6(11)8-5-7-9(13-8)12-4-3-10(7)2/h5H,3-4H2,1-2H3. The fraction of sp³-hybridized carbons (Fsp3) is 0.444. The highest BCUT2D eigenvalue weighted by atomic mass is 32.2. The number of thiophene rings is 1. The molecule has 2 rings (SSSR count). The Hall–Kier alpha value is -0.480. The average molecular weight is 213 g/mol. The van der Waals surface area contributed by atoms with E-state index < -0.39 is 0 Å². The molecule has 4 heteroatoms. The topological polar surface area (TPSA) is 20.3 Å². The van der Waals surface area contributed by atoms with Gasteiger partial charge in [0.1, 0.15) is 0 Å². The summed E-state index contributed by atoms with van der Waals surface area (Å²) in [5, 5.41) is 0. The lowest BCUT2D eigenvalue weighted by Gasteiger charge is -2.23. The van der Waals surface area contributed by atoms with E-state index in [9.17, 15) is 4.79 Å². The van der Waals surface area contributed by atoms with Crippen LogP contribution in [-0.2, 0) is 0 Å². The van der Waals surface area contributed by atoms with E-state index in [4.69, 9.17) is 0 Å². The van der Waals surface area contributed by atoms with Crippen LogP contribution < -0.4 is 4.90 Å². The van der Waals surface area contributed by atoms with E-state index in [-0.39, 0.29) is 5.78 Å². The van der Waals surface area contributed by atoms with Crippen molar-refractivity contribution < 1.29 is 4.79 Å². The first kappa shape index (κ1) is 9.09. The number of hydrogen-bond donors (Lipinski definition) is 0. The Morgan fingerprint density at radius 3 is 3.00 bits per heavy atom. The lowest BCUT2D eigenvalue weighted by Crippen LogP contribution is -2.22. The summed E-state index contributed by atoms with van der Waals surface area (Å²) in [5.41, 5.74) is 1.23. The van der Waals surface area contributed by atoms with Crippen molar-refractivity contribution in [3.8, 4) is 0 Å². The van der Waals surface area contributed by atoms with E-state index in [1.807, 2.05) is 17.8 Å². The monoisotopic (exact) mass is 213 g/mol. The summed E-state index contributed by atoms with van der Waals surface area (Å²) in [4.78, 5) is 14.3. The van der Waals surface area contributed by atoms with Crippen LogP contribution in [-0.4, -0.2) is 25.1 Å². The summed E-state index contributed by atoms with van der Waals surface area (Å²) in [7, 11) is 2.08. The van der Waals surface area contributed by atoms with E-state index >= 15 is 0 Å². The van der Waals surface area contributed by atoms with Crippen LogP contribution in [0, 0.1) is 0 Å². The molecule has 0 N–H and O–H groups in total. The predicted octanol–water partition coefficient (Wildman–Crippen LogP) is 2.49. The molecule has 0 saturated carbocycles. The lowest BCUT2D eigenvalue weighted by atomic mass is 10.3. The number of ketones is 1. The Morgan fingerprint density at radius 1 is 1.62 bits per heavy atom. The van der Waals surface area contributed by atoms with E-state index in [1.165, 1.54) is 9.90 Å². The second kappa shape index (κ2) is 3.35. The fourth-order valence-electron chi connectivity index (χ4n) is 1.30. The molecule has 1 aliphatic heterocycles. The van der Waals surface area contributed by atoms with Crippen molar-refractivity contribution in [1.29, 1.82) is 0 Å². The van der Waals surface area contributed by atoms with Crippen LogP contribution in [0.4, 0.5) is 5.69 Å². The third-order valence-electron chi connectivity index (χ3n) is 2.10. The molecule has 0 amide bonds. The molecule has 0 fully saturated rings. The van der Waals surface area contributed by atoms with Gasteiger partial charge in [0.25, 0.3) is 0 Å². The largest absolute Gasteiger partial charge is 0.372 e. The molecule has 0 unspecified atom stereocenters. The van der Waals surface area contributed by atoms with E-state index in [0.29, 0.717) is 0 Å². The Labute approximate surface area is 85.9 Å². The van der Waals surface area contributed by atoms with Gasteiger partial charge in [-0.3, -0.25) is 4.79 Å². The summed E-state index contributed by atoms with van der Waals surface area (Å²) in [6, 6.07) is 2.01. The van der Waals surface area contributed by atoms with Gasteiger partial charge < -0.3 is 4.90 Å². The maximum Gasteiger partial charge on any atom is 0.169 e. The maximum atomic E-state index is 11.2. The van der Waals surface area contributed by atoms with E-state index in [2.05, 4.69) is 11.9 Å². The molecule has 1 aromatic heterocycles. The summed E-state index contributed by atoms with van der Waals surface area (Å²) in [6.45, 7) is 2.70. The Kier molecular flexibility index (Phi) is 2.34. The predicted molar refractivity (Wildman–Crippen MR) is 58.3 cm³/mol. The molecule has 13 heavy (non-hydrogen) atoms. The Balaban J connectivity index is 2.42. The molecule has 2 nitrogen and oxygen atoms in total. The molecule has 0 saturated heterocycles. The van der Waals surface area contributed by atoms with Gasteiger partial charge in [-0.15, -0.1) is 23.1 Å². The number of nitrogens with zero attached hydrogens (tertiary/aromatic N) is 1. The van der Waals surface area contributed by atoms with E-state index in [1.54, 1.807) is 18.3 Å². The van der Waals surface area contributed by atoms with Gasteiger partial charge in [-0.1, -0.05) is 0 Å². The van der Waals surface area contributed by atoms with Gasteiger partial charge in [0.2, 0.25) is 0 Å². The van der Waals surface area contributed by atoms with Crippen molar-refractivity contribution in [2.75, 3.05) is 24.2 Å². The first-order valence-electron chi connectivity index (χ1n) is 4.17. The van der Waals surface area contributed by atoms with Crippen LogP contribution in [0.5, 0.6) is 0 Å². The van der Waals surface area contributed by atoms with Crippen LogP contribution >= 0.6 is 23.1 Å². The quantitative estimate of drug-likeness (QED) is 0.668. The first-order valence-corrected chi connectivity index (χ1v) is 5.97. The summed E-state index contributed by atoms with van der Waals surface area (Å²) in [5.74, 6) is 1.30. The van der Waals surface area contributed by atoms with Gasteiger partial charge in [-0.05, 0) is 13.0 Å². The molecule has 0 aromatic carbocycles. The minimum absolute atomic E-state index is 0.174. The molecule has 0 radical (unpaired) electrons. The number of rotatable bonds is 1. The zero-order valence-electron chi connectivity index (χ0n) is 7.66. The van der Waals surface area contributed by atoms with Crippen molar-refractivity contribution in [2.24, 2.45) is 0 Å². The maximum absolute atomic E-state index is 11.2. The lowest BCUT2D eigenvalue weighted by molar-refractivity contribution is 0.102. The van der Waals surface area contributed by atoms with Crippen molar-refractivity contribution in [2.45, 2.75) is 11.1 Å². The van der Waals surface area contributed by atoms with Crippen LogP contribution in [0.3, 0.4) is 0 Å². The first-order chi connectivity index (χ1) is 6.18. The van der Waals surface area contributed by atoms with Gasteiger partial charge in [0, 0.05) is 19.3 Å². The molecule has 2 heterocycles. The number of anilines is 1. The van der Waals surface area contributed by atoms with Gasteiger partial charge in [0.05, 0.1) is 14.8 Å². The SMILES string of the molecule is CC(=O)c1cc2c(s1)SCCN2C. The second-order valence-electron chi connectivity index (χ2n) is 3.11. The minimum Gasteiger partial charge on any atom is -0.372 e. The number of hydrogen-bond acceptors (Lipinski definition) is 4. The molecule has 0 bridgehead atoms. The summed E-state index contributed by atoms with van der Waals surface area (Å²) in [6.07, 6.45) is 0. The zero-order valence-corrected chi connectivity index (χ0v) is 9.30. The fourth-order valence-corrected chi connectivity index (χ4v) is 3.80. The number of carbonyl (C=O) groups excluding carboxylic acids is 1. The van der Waals surface area contributed by atoms with Gasteiger partial charge >= 0.3 is 0 Å². The smallest absolute Gasteiger partial charge is 0.169 e. The number of fused-ring (bicyclic) bond motifs is 1. The van der Waals surface area contributed by atoms with Crippen LogP contribution in [0.1, 0.15) is 16.6 Å². The van der Waals surface area contributed by atoms with Crippen LogP contribution in [0.25, 0.3) is 0 Å². The van der Waals surface area contributed by atoms with Gasteiger partial charge in [0.15, 0.2) is 5.78 Å². The third-order valence-corrected chi connectivity index (χ3v) is 4.58. The summed E-state index contributed by atoms with van der Waals surface area (Å²) < 4.78 is 1.29. The molecule has 70 valence electrons. The molecule has 1 aromatic rings. The normalized spacial score (nSPS) is 15.7. The third kappa shape index (κ3) is 1.60. The second-order valence-corrected chi connectivity index (χ2v) is 5.53. The van der Waals surface area contributed by atoms with Crippen molar-refractivity contribution in [3.63, 3.8) is 0 Å². The zero-order chi connectivity index (χ0) is 9.42. The Bertz CT molecular complexity index is 345. The van der Waals surface area contributed by atoms with Crippen LogP contribution in [0.15, 0.2) is 10.3 Å². The van der Waals surface area contributed by atoms with Gasteiger partial charge in [-0.2, -0.15) is 0 Å². The minimum atomic E-state index is 0.174. The van der Waals surface area contributed by atoms with Crippen molar-refractivity contribution >= 4 is 34.6 Å². The molecular formula is C9H11NOS2. The molecular weight excluding hydrogens is 202 g/mol. The van der Waals surface area contributed by atoms with E-state index in [0.717, 1.165) is 17.2 Å².